The number of nitrogens with zero attached hydrogens (tertiary/aromatic N) is 1. The summed E-state index contributed by atoms with van der Waals surface area (Å²) in [5.74, 6) is 0.821. The Balaban J connectivity index is 2.84. The molecule has 0 aliphatic heterocycles. The fourth-order valence-corrected chi connectivity index (χ4v) is 1.63. The number of pyridine rings is 1. The molecule has 0 radical (unpaired) electrons. The molecule has 0 amide bonds. The van der Waals surface area contributed by atoms with Gasteiger partial charge >= 0.3 is 0 Å². The second-order valence-corrected chi connectivity index (χ2v) is 3.06. The average Bonchev–Trinajstić information content (AvgIpc) is 2.18. The molecule has 0 aliphatic rings. The van der Waals surface area contributed by atoms with Gasteiger partial charge in [0.2, 0.25) is 0 Å². The van der Waals surface area contributed by atoms with E-state index in [-0.39, 0.29) is 0 Å². The molecule has 0 aliphatic carbocycles. The molecule has 0 unspecified atom stereocenters. The number of nitrogen functional groups attached to an aromatic ring is 1. The van der Waals surface area contributed by atoms with E-state index >= 15 is 0 Å². The third kappa shape index (κ3) is 1.24. The largest absolute Gasteiger partial charge is 0.287 e. The van der Waals surface area contributed by atoms with E-state index in [1.54, 1.807) is 0 Å². The molecule has 1 aromatic carbocycles. The number of anilines is 1. The molecule has 0 fully saturated rings. The molecule has 0 atom stereocenters. The number of benzene rings is 1. The molecule has 2 N–H and O–H groups in total. The first-order valence-electron chi connectivity index (χ1n) is 4.50. The highest BCUT2D eigenvalue weighted by Crippen LogP contribution is 2.10. The van der Waals surface area contributed by atoms with E-state index in [0.29, 0.717) is 0 Å². The van der Waals surface area contributed by atoms with Crippen LogP contribution < -0.4 is 10.3 Å². The minimum Gasteiger partial charge on any atom is -0.287 e. The maximum absolute atomic E-state index is 5.86. The summed E-state index contributed by atoms with van der Waals surface area (Å²) in [4.78, 5) is 0. The fraction of sp³-hybridized carbons (Fsp3) is 0.182. The van der Waals surface area contributed by atoms with Crippen LogP contribution in [0.5, 0.6) is 0 Å². The number of aromatic nitrogens is 1. The van der Waals surface area contributed by atoms with E-state index in [2.05, 4.69) is 29.7 Å². The van der Waals surface area contributed by atoms with Crippen LogP contribution in [0.15, 0.2) is 36.4 Å². The summed E-state index contributed by atoms with van der Waals surface area (Å²) >= 11 is 0. The van der Waals surface area contributed by atoms with Crippen molar-refractivity contribution in [3.8, 4) is 0 Å². The second kappa shape index (κ2) is 3.05. The topological polar surface area (TPSA) is 29.9 Å². The number of hydrogen-bond donors (Lipinski definition) is 1. The maximum atomic E-state index is 5.86. The molecule has 0 spiro atoms. The highest BCUT2D eigenvalue weighted by molar-refractivity contribution is 5.76. The molecule has 0 bridgehead atoms. The summed E-state index contributed by atoms with van der Waals surface area (Å²) in [7, 11) is 0. The molecule has 2 nitrogen and oxygen atoms in total. The Bertz CT molecular complexity index is 435. The number of aryl methyl sites for hydroxylation is 1. The van der Waals surface area contributed by atoms with Crippen molar-refractivity contribution in [2.24, 2.45) is 0 Å². The monoisotopic (exact) mass is 173 g/mol. The van der Waals surface area contributed by atoms with E-state index in [9.17, 15) is 0 Å². The van der Waals surface area contributed by atoms with Gasteiger partial charge < -0.3 is 0 Å². The van der Waals surface area contributed by atoms with Crippen molar-refractivity contribution < 1.29 is 4.57 Å². The van der Waals surface area contributed by atoms with Gasteiger partial charge in [-0.2, -0.15) is 0 Å². The maximum Gasteiger partial charge on any atom is 0.272 e. The Morgan fingerprint density at radius 2 is 1.92 bits per heavy atom. The first kappa shape index (κ1) is 8.05. The van der Waals surface area contributed by atoms with E-state index < -0.39 is 0 Å². The number of rotatable bonds is 1. The lowest BCUT2D eigenvalue weighted by Crippen LogP contribution is -2.36. The van der Waals surface area contributed by atoms with Crippen LogP contribution in [0.1, 0.15) is 6.92 Å². The molecule has 2 aromatic rings. The molecule has 2 rings (SSSR count). The minimum atomic E-state index is 0.821. The zero-order valence-electron chi connectivity index (χ0n) is 7.70. The van der Waals surface area contributed by atoms with Gasteiger partial charge in [-0.3, -0.25) is 5.73 Å². The van der Waals surface area contributed by atoms with Crippen LogP contribution in [-0.2, 0) is 6.54 Å². The van der Waals surface area contributed by atoms with Gasteiger partial charge in [-0.05, 0) is 19.1 Å². The molecule has 2 heteroatoms. The van der Waals surface area contributed by atoms with Crippen molar-refractivity contribution in [3.05, 3.63) is 36.4 Å². The third-order valence-electron chi connectivity index (χ3n) is 2.29. The van der Waals surface area contributed by atoms with Gasteiger partial charge in [-0.15, -0.1) is 0 Å². The van der Waals surface area contributed by atoms with Crippen molar-refractivity contribution in [2.75, 3.05) is 5.73 Å². The first-order chi connectivity index (χ1) is 6.33. The summed E-state index contributed by atoms with van der Waals surface area (Å²) in [5, 5.41) is 1.23. The van der Waals surface area contributed by atoms with Gasteiger partial charge in [0.25, 0.3) is 5.82 Å². The van der Waals surface area contributed by atoms with Crippen molar-refractivity contribution in [2.45, 2.75) is 13.5 Å². The third-order valence-corrected chi connectivity index (χ3v) is 2.29. The van der Waals surface area contributed by atoms with Crippen molar-refractivity contribution in [1.82, 2.24) is 0 Å². The van der Waals surface area contributed by atoms with Gasteiger partial charge in [0, 0.05) is 11.5 Å². The molecule has 1 heterocycles. The summed E-state index contributed by atoms with van der Waals surface area (Å²) in [6.07, 6.45) is 0. The summed E-state index contributed by atoms with van der Waals surface area (Å²) in [6.45, 7) is 3.01. The van der Waals surface area contributed by atoms with Crippen LogP contribution in [0.25, 0.3) is 10.9 Å². The SMILES string of the molecule is CC[n+]1c(N)ccc2ccccc21. The summed E-state index contributed by atoms with van der Waals surface area (Å²) in [5.41, 5.74) is 7.06. The smallest absolute Gasteiger partial charge is 0.272 e. The van der Waals surface area contributed by atoms with Crippen molar-refractivity contribution >= 4 is 16.7 Å². The lowest BCUT2D eigenvalue weighted by Gasteiger charge is -2.03. The van der Waals surface area contributed by atoms with Crippen molar-refractivity contribution in [3.63, 3.8) is 0 Å². The number of para-hydroxylation sites is 1. The minimum absolute atomic E-state index is 0.821. The number of nitrogens with two attached hydrogens (primary N) is 1. The van der Waals surface area contributed by atoms with Crippen LogP contribution in [0.3, 0.4) is 0 Å². The Labute approximate surface area is 77.6 Å². The van der Waals surface area contributed by atoms with Crippen LogP contribution in [-0.4, -0.2) is 0 Å². The molecular weight excluding hydrogens is 160 g/mol. The van der Waals surface area contributed by atoms with Gasteiger partial charge in [-0.1, -0.05) is 18.2 Å². The normalized spacial score (nSPS) is 10.5. The van der Waals surface area contributed by atoms with E-state index in [0.717, 1.165) is 12.4 Å². The first-order valence-corrected chi connectivity index (χ1v) is 4.50. The van der Waals surface area contributed by atoms with Crippen LogP contribution in [0.2, 0.25) is 0 Å². The Morgan fingerprint density at radius 3 is 2.69 bits per heavy atom. The number of hydrogen-bond acceptors (Lipinski definition) is 1. The molecule has 66 valence electrons. The predicted octanol–water partition coefficient (Wildman–Crippen LogP) is 1.73. The molecular formula is C11H13N2+. The highest BCUT2D eigenvalue weighted by Gasteiger charge is 2.05. The summed E-state index contributed by atoms with van der Waals surface area (Å²) < 4.78 is 2.11. The quantitative estimate of drug-likeness (QED) is 0.654. The second-order valence-electron chi connectivity index (χ2n) is 3.06. The zero-order chi connectivity index (χ0) is 9.26. The fourth-order valence-electron chi connectivity index (χ4n) is 1.63. The lowest BCUT2D eigenvalue weighted by molar-refractivity contribution is -0.653. The van der Waals surface area contributed by atoms with Gasteiger partial charge in [-0.25, -0.2) is 4.57 Å². The van der Waals surface area contributed by atoms with E-state index in [4.69, 9.17) is 5.73 Å². The van der Waals surface area contributed by atoms with E-state index in [1.807, 2.05) is 18.2 Å². The zero-order valence-corrected chi connectivity index (χ0v) is 7.70. The Hall–Kier alpha value is -1.57. The standard InChI is InChI=1S/C11H12N2/c1-2-13-10-6-4-3-5-9(10)7-8-11(13)12/h3-8,12H,2H2,1H3/p+1. The van der Waals surface area contributed by atoms with Gasteiger partial charge in [0.15, 0.2) is 0 Å². The van der Waals surface area contributed by atoms with Crippen LogP contribution in [0.4, 0.5) is 5.82 Å². The molecule has 13 heavy (non-hydrogen) atoms. The van der Waals surface area contributed by atoms with Crippen LogP contribution in [0, 0.1) is 0 Å². The van der Waals surface area contributed by atoms with Crippen molar-refractivity contribution in [1.29, 1.82) is 0 Å². The summed E-state index contributed by atoms with van der Waals surface area (Å²) in [6, 6.07) is 12.3. The Kier molecular flexibility index (Phi) is 1.89. The molecule has 0 saturated heterocycles. The molecule has 0 saturated carbocycles. The van der Waals surface area contributed by atoms with E-state index in [1.165, 1.54) is 10.9 Å². The van der Waals surface area contributed by atoms with Crippen LogP contribution >= 0.6 is 0 Å². The van der Waals surface area contributed by atoms with Gasteiger partial charge in [0.1, 0.15) is 5.52 Å². The predicted molar refractivity (Wildman–Crippen MR) is 54.2 cm³/mol. The number of fused-ring (bicyclic) bond motifs is 1. The lowest BCUT2D eigenvalue weighted by atomic mass is 10.2. The van der Waals surface area contributed by atoms with Gasteiger partial charge in [0.05, 0.1) is 6.54 Å². The molecule has 1 aromatic heterocycles. The average molecular weight is 173 g/mol. The Morgan fingerprint density at radius 1 is 1.15 bits per heavy atom. The highest BCUT2D eigenvalue weighted by atomic mass is 15.0.